The van der Waals surface area contributed by atoms with Crippen molar-refractivity contribution in [3.8, 4) is 0 Å². The number of aromatic nitrogens is 2. The van der Waals surface area contributed by atoms with Crippen molar-refractivity contribution in [2.24, 2.45) is 0 Å². The fraction of sp³-hybridized carbons (Fsp3) is 0.467. The van der Waals surface area contributed by atoms with Gasteiger partial charge in [-0.2, -0.15) is 0 Å². The summed E-state index contributed by atoms with van der Waals surface area (Å²) in [5, 5.41) is 8.18. The first-order valence-electron chi connectivity index (χ1n) is 7.91. The molecule has 1 aliphatic rings. The summed E-state index contributed by atoms with van der Waals surface area (Å²) in [5.41, 5.74) is 0.728. The van der Waals surface area contributed by atoms with Gasteiger partial charge in [-0.25, -0.2) is 17.5 Å². The van der Waals surface area contributed by atoms with Gasteiger partial charge in [0.05, 0.1) is 18.2 Å². The number of anilines is 2. The Bertz CT molecular complexity index is 892. The fourth-order valence-electron chi connectivity index (χ4n) is 2.81. The molecular weight excluding hydrogens is 383 g/mol. The molecule has 0 radical (unpaired) electrons. The topological polar surface area (TPSA) is 67.2 Å². The minimum absolute atomic E-state index is 0.00658. The summed E-state index contributed by atoms with van der Waals surface area (Å²) >= 11 is 6.70. The number of nitrogens with zero attached hydrogens (tertiary/aromatic N) is 3. The van der Waals surface area contributed by atoms with E-state index < -0.39 is 9.84 Å². The molecule has 25 heavy (non-hydrogen) atoms. The quantitative estimate of drug-likeness (QED) is 0.749. The SMILES string of the molecule is CCN(Cn1nc(Nc2ccc(F)cc2)sc1=S)[C@H]1CCS(=O)(=O)C1. The van der Waals surface area contributed by atoms with Crippen LogP contribution in [0, 0.1) is 9.77 Å². The Kier molecular flexibility index (Phi) is 5.52. The monoisotopic (exact) mass is 402 g/mol. The molecule has 1 atom stereocenters. The van der Waals surface area contributed by atoms with Crippen molar-refractivity contribution in [3.05, 3.63) is 34.0 Å². The summed E-state index contributed by atoms with van der Waals surface area (Å²) in [6, 6.07) is 6.01. The molecule has 1 aliphatic heterocycles. The van der Waals surface area contributed by atoms with Gasteiger partial charge >= 0.3 is 0 Å². The molecule has 0 aliphatic carbocycles. The second kappa shape index (κ2) is 7.48. The first-order valence-corrected chi connectivity index (χ1v) is 11.0. The molecule has 1 saturated heterocycles. The Morgan fingerprint density at radius 1 is 1.44 bits per heavy atom. The predicted molar refractivity (Wildman–Crippen MR) is 100 cm³/mol. The zero-order valence-electron chi connectivity index (χ0n) is 13.7. The Labute approximate surface area is 155 Å². The Morgan fingerprint density at radius 3 is 2.76 bits per heavy atom. The lowest BCUT2D eigenvalue weighted by Crippen LogP contribution is -2.37. The molecule has 136 valence electrons. The van der Waals surface area contributed by atoms with E-state index in [1.165, 1.54) is 23.5 Å². The van der Waals surface area contributed by atoms with E-state index in [4.69, 9.17) is 12.2 Å². The summed E-state index contributed by atoms with van der Waals surface area (Å²) in [4.78, 5) is 2.09. The number of hydrogen-bond acceptors (Lipinski definition) is 7. The zero-order valence-corrected chi connectivity index (χ0v) is 16.1. The zero-order chi connectivity index (χ0) is 18.0. The van der Waals surface area contributed by atoms with Crippen LogP contribution in [0.2, 0.25) is 0 Å². The highest BCUT2D eigenvalue weighted by atomic mass is 32.2. The van der Waals surface area contributed by atoms with Gasteiger partial charge in [0.15, 0.2) is 13.8 Å². The second-order valence-corrected chi connectivity index (χ2v) is 9.76. The van der Waals surface area contributed by atoms with Crippen LogP contribution in [-0.4, -0.2) is 47.2 Å². The van der Waals surface area contributed by atoms with Crippen LogP contribution in [0.4, 0.5) is 15.2 Å². The molecule has 0 bridgehead atoms. The van der Waals surface area contributed by atoms with E-state index in [0.717, 1.165) is 12.2 Å². The van der Waals surface area contributed by atoms with Crippen LogP contribution < -0.4 is 5.32 Å². The minimum atomic E-state index is -2.93. The lowest BCUT2D eigenvalue weighted by atomic mass is 10.2. The Balaban J connectivity index is 1.71. The average molecular weight is 403 g/mol. The van der Waals surface area contributed by atoms with Gasteiger partial charge in [-0.05, 0) is 49.4 Å². The average Bonchev–Trinajstić information content (AvgIpc) is 3.09. The number of rotatable bonds is 6. The molecule has 3 rings (SSSR count). The van der Waals surface area contributed by atoms with Crippen LogP contribution >= 0.6 is 23.6 Å². The standard InChI is InChI=1S/C15H19FN4O2S3/c1-2-19(13-7-8-25(21,22)9-13)10-20-15(23)24-14(18-20)17-12-5-3-11(16)4-6-12/h3-6,13H,2,7-10H2,1H3,(H,17,18)/t13-/m0/s1. The molecule has 0 unspecified atom stereocenters. The van der Waals surface area contributed by atoms with E-state index in [1.54, 1.807) is 16.8 Å². The van der Waals surface area contributed by atoms with Crippen LogP contribution in [0.3, 0.4) is 0 Å². The maximum Gasteiger partial charge on any atom is 0.209 e. The van der Waals surface area contributed by atoms with Crippen molar-refractivity contribution < 1.29 is 12.8 Å². The molecule has 1 N–H and O–H groups in total. The molecule has 1 aromatic heterocycles. The first kappa shape index (κ1) is 18.4. The maximum absolute atomic E-state index is 13.0. The molecule has 2 heterocycles. The van der Waals surface area contributed by atoms with Gasteiger partial charge < -0.3 is 5.32 Å². The summed E-state index contributed by atoms with van der Waals surface area (Å²) < 4.78 is 38.7. The van der Waals surface area contributed by atoms with E-state index in [9.17, 15) is 12.8 Å². The highest BCUT2D eigenvalue weighted by molar-refractivity contribution is 7.91. The Hall–Kier alpha value is -1.36. The van der Waals surface area contributed by atoms with E-state index in [2.05, 4.69) is 15.3 Å². The van der Waals surface area contributed by atoms with Crippen molar-refractivity contribution >= 4 is 44.2 Å². The number of halogens is 1. The molecule has 6 nitrogen and oxygen atoms in total. The normalized spacial score (nSPS) is 19.4. The van der Waals surface area contributed by atoms with Crippen molar-refractivity contribution in [2.75, 3.05) is 23.4 Å². The molecule has 1 aromatic carbocycles. The third-order valence-electron chi connectivity index (χ3n) is 4.15. The van der Waals surface area contributed by atoms with Gasteiger partial charge in [-0.1, -0.05) is 18.3 Å². The number of nitrogens with one attached hydrogen (secondary N) is 1. The molecular formula is C15H19FN4O2S3. The smallest absolute Gasteiger partial charge is 0.209 e. The third-order valence-corrected chi connectivity index (χ3v) is 7.12. The van der Waals surface area contributed by atoms with E-state index in [0.29, 0.717) is 22.2 Å². The summed E-state index contributed by atoms with van der Waals surface area (Å²) in [5.74, 6) is 0.140. The van der Waals surface area contributed by atoms with Gasteiger partial charge in [0.2, 0.25) is 5.13 Å². The van der Waals surface area contributed by atoms with Crippen LogP contribution in [0.15, 0.2) is 24.3 Å². The van der Waals surface area contributed by atoms with Gasteiger partial charge in [0.1, 0.15) is 5.82 Å². The number of sulfone groups is 1. The van der Waals surface area contributed by atoms with E-state index in [-0.39, 0.29) is 23.4 Å². The van der Waals surface area contributed by atoms with Crippen LogP contribution in [-0.2, 0) is 16.5 Å². The highest BCUT2D eigenvalue weighted by Gasteiger charge is 2.31. The van der Waals surface area contributed by atoms with Crippen molar-refractivity contribution in [1.82, 2.24) is 14.7 Å². The van der Waals surface area contributed by atoms with Gasteiger partial charge in [-0.3, -0.25) is 4.90 Å². The molecule has 0 saturated carbocycles. The highest BCUT2D eigenvalue weighted by Crippen LogP contribution is 2.22. The van der Waals surface area contributed by atoms with Gasteiger partial charge in [-0.15, -0.1) is 5.10 Å². The second-order valence-electron chi connectivity index (χ2n) is 5.91. The van der Waals surface area contributed by atoms with Crippen LogP contribution in [0.5, 0.6) is 0 Å². The summed E-state index contributed by atoms with van der Waals surface area (Å²) in [6.45, 7) is 3.18. The van der Waals surface area contributed by atoms with E-state index in [1.807, 2.05) is 6.92 Å². The predicted octanol–water partition coefficient (Wildman–Crippen LogP) is 3.02. The van der Waals surface area contributed by atoms with E-state index >= 15 is 0 Å². The molecule has 0 spiro atoms. The lowest BCUT2D eigenvalue weighted by Gasteiger charge is -2.25. The van der Waals surface area contributed by atoms with Gasteiger partial charge in [0.25, 0.3) is 0 Å². The third kappa shape index (κ3) is 4.63. The van der Waals surface area contributed by atoms with Gasteiger partial charge in [0, 0.05) is 11.7 Å². The molecule has 10 heteroatoms. The van der Waals surface area contributed by atoms with Crippen molar-refractivity contribution in [2.45, 2.75) is 26.1 Å². The Morgan fingerprint density at radius 2 is 2.16 bits per heavy atom. The maximum atomic E-state index is 13.0. The first-order chi connectivity index (χ1) is 11.9. The number of benzene rings is 1. The lowest BCUT2D eigenvalue weighted by molar-refractivity contribution is 0.165. The molecule has 0 amide bonds. The fourth-order valence-corrected chi connectivity index (χ4v) is 5.59. The van der Waals surface area contributed by atoms with Crippen LogP contribution in [0.1, 0.15) is 13.3 Å². The summed E-state index contributed by atoms with van der Waals surface area (Å²) in [7, 11) is -2.93. The van der Waals surface area contributed by atoms with Crippen molar-refractivity contribution in [1.29, 1.82) is 0 Å². The van der Waals surface area contributed by atoms with Crippen LogP contribution in [0.25, 0.3) is 0 Å². The molecule has 2 aromatic rings. The number of hydrogen-bond donors (Lipinski definition) is 1. The summed E-state index contributed by atoms with van der Waals surface area (Å²) in [6.07, 6.45) is 0.647. The minimum Gasteiger partial charge on any atom is -0.330 e. The largest absolute Gasteiger partial charge is 0.330 e. The molecule has 1 fully saturated rings. The van der Waals surface area contributed by atoms with Crippen molar-refractivity contribution in [3.63, 3.8) is 0 Å².